The molecule has 6 nitrogen and oxygen atoms in total. The number of nitrogens with zero attached hydrogens (tertiary/aromatic N) is 2. The molecule has 0 spiro atoms. The van der Waals surface area contributed by atoms with Gasteiger partial charge in [-0.3, -0.25) is 0 Å². The summed E-state index contributed by atoms with van der Waals surface area (Å²) >= 11 is 1.47. The topological polar surface area (TPSA) is 79.8 Å². The van der Waals surface area contributed by atoms with Gasteiger partial charge in [0.15, 0.2) is 0 Å². The smallest absolute Gasteiger partial charge is 0.244 e. The van der Waals surface area contributed by atoms with Gasteiger partial charge in [0.25, 0.3) is 0 Å². The fraction of sp³-hybridized carbons (Fsp3) is 0.0870. The monoisotopic (exact) mass is 448 g/mol. The highest BCUT2D eigenvalue weighted by atomic mass is 32.2. The molecule has 2 N–H and O–H groups in total. The predicted octanol–water partition coefficient (Wildman–Crippen LogP) is 4.60. The first-order valence-electron chi connectivity index (χ1n) is 9.85. The molecule has 0 bridgehead atoms. The number of rotatable bonds is 7. The standard InChI is InChI=1S/C23H20N4O2S2/c28-31(29,25-13-12-17-15-24-20-10-5-4-9-19(17)20)22-16-27(18-7-2-1-3-8-18)26-23(22)21-11-6-14-30-21/h1-11,14-16,24-25H,12-13H2. The van der Waals surface area contributed by atoms with E-state index < -0.39 is 10.0 Å². The van der Waals surface area contributed by atoms with Crippen molar-refractivity contribution in [1.82, 2.24) is 19.5 Å². The van der Waals surface area contributed by atoms with Crippen LogP contribution in [0.2, 0.25) is 0 Å². The van der Waals surface area contributed by atoms with Crippen LogP contribution in [-0.4, -0.2) is 29.7 Å². The zero-order valence-corrected chi connectivity index (χ0v) is 18.2. The minimum atomic E-state index is -3.75. The second-order valence-corrected chi connectivity index (χ2v) is 9.79. The molecule has 0 radical (unpaired) electrons. The van der Waals surface area contributed by atoms with Crippen LogP contribution < -0.4 is 4.72 Å². The van der Waals surface area contributed by atoms with E-state index in [2.05, 4.69) is 14.8 Å². The van der Waals surface area contributed by atoms with Crippen LogP contribution in [0.3, 0.4) is 0 Å². The third-order valence-corrected chi connectivity index (χ3v) is 7.45. The first-order chi connectivity index (χ1) is 15.1. The fourth-order valence-corrected chi connectivity index (χ4v) is 5.55. The molecule has 3 aromatic heterocycles. The second-order valence-electron chi connectivity index (χ2n) is 7.11. The fourth-order valence-electron chi connectivity index (χ4n) is 3.59. The Morgan fingerprint density at radius 3 is 2.61 bits per heavy atom. The molecular weight excluding hydrogens is 428 g/mol. The van der Waals surface area contributed by atoms with Crippen LogP contribution in [0.25, 0.3) is 27.2 Å². The van der Waals surface area contributed by atoms with Gasteiger partial charge in [0.1, 0.15) is 10.6 Å². The summed E-state index contributed by atoms with van der Waals surface area (Å²) < 4.78 is 30.8. The molecule has 0 saturated heterocycles. The number of sulfonamides is 1. The highest BCUT2D eigenvalue weighted by Gasteiger charge is 2.24. The Labute approximate surface area is 184 Å². The van der Waals surface area contributed by atoms with Crippen molar-refractivity contribution in [2.24, 2.45) is 0 Å². The minimum Gasteiger partial charge on any atom is -0.361 e. The molecule has 0 aliphatic heterocycles. The Morgan fingerprint density at radius 1 is 1.00 bits per heavy atom. The number of para-hydroxylation sites is 2. The van der Waals surface area contributed by atoms with Crippen molar-refractivity contribution >= 4 is 32.3 Å². The molecule has 0 atom stereocenters. The van der Waals surface area contributed by atoms with E-state index in [0.717, 1.165) is 27.0 Å². The second kappa shape index (κ2) is 8.14. The zero-order chi connectivity index (χ0) is 21.3. The number of H-pyrrole nitrogens is 1. The lowest BCUT2D eigenvalue weighted by Crippen LogP contribution is -2.26. The quantitative estimate of drug-likeness (QED) is 0.382. The predicted molar refractivity (Wildman–Crippen MR) is 124 cm³/mol. The Hall–Kier alpha value is -3.20. The minimum absolute atomic E-state index is 0.178. The first kappa shape index (κ1) is 19.7. The normalized spacial score (nSPS) is 11.9. The van der Waals surface area contributed by atoms with Crippen molar-refractivity contribution in [3.8, 4) is 16.3 Å². The SMILES string of the molecule is O=S(=O)(NCCc1c[nH]c2ccccc12)c1cn(-c2ccccc2)nc1-c1cccs1. The van der Waals surface area contributed by atoms with Gasteiger partial charge < -0.3 is 4.98 Å². The van der Waals surface area contributed by atoms with Gasteiger partial charge in [0.05, 0.1) is 16.8 Å². The van der Waals surface area contributed by atoms with Crippen molar-refractivity contribution in [1.29, 1.82) is 0 Å². The van der Waals surface area contributed by atoms with Gasteiger partial charge in [0, 0.05) is 23.6 Å². The van der Waals surface area contributed by atoms with Crippen LogP contribution in [0.15, 0.2) is 89.4 Å². The Bertz CT molecular complexity index is 1420. The number of fused-ring (bicyclic) bond motifs is 1. The van der Waals surface area contributed by atoms with Crippen LogP contribution in [0.5, 0.6) is 0 Å². The van der Waals surface area contributed by atoms with Crippen molar-refractivity contribution in [3.05, 3.63) is 90.1 Å². The van der Waals surface area contributed by atoms with Gasteiger partial charge in [0.2, 0.25) is 10.0 Å². The average Bonchev–Trinajstić information content (AvgIpc) is 3.54. The van der Waals surface area contributed by atoms with Gasteiger partial charge in [-0.2, -0.15) is 5.10 Å². The summed E-state index contributed by atoms with van der Waals surface area (Å²) in [6.45, 7) is 0.296. The van der Waals surface area contributed by atoms with Gasteiger partial charge >= 0.3 is 0 Å². The lowest BCUT2D eigenvalue weighted by atomic mass is 10.1. The summed E-state index contributed by atoms with van der Waals surface area (Å²) in [5, 5.41) is 7.61. The van der Waals surface area contributed by atoms with E-state index in [1.807, 2.05) is 78.3 Å². The van der Waals surface area contributed by atoms with E-state index in [4.69, 9.17) is 0 Å². The van der Waals surface area contributed by atoms with Crippen LogP contribution >= 0.6 is 11.3 Å². The van der Waals surface area contributed by atoms with Gasteiger partial charge in [-0.15, -0.1) is 11.3 Å². The van der Waals surface area contributed by atoms with Crippen LogP contribution in [-0.2, 0) is 16.4 Å². The van der Waals surface area contributed by atoms with Crippen molar-refractivity contribution in [2.45, 2.75) is 11.3 Å². The molecule has 5 rings (SSSR count). The third-order valence-electron chi connectivity index (χ3n) is 5.11. The summed E-state index contributed by atoms with van der Waals surface area (Å²) in [5.41, 5.74) is 3.39. The molecule has 8 heteroatoms. The van der Waals surface area contributed by atoms with Crippen LogP contribution in [0, 0.1) is 0 Å². The van der Waals surface area contributed by atoms with Gasteiger partial charge in [-0.05, 0) is 41.6 Å². The molecule has 0 unspecified atom stereocenters. The summed E-state index contributed by atoms with van der Waals surface area (Å²) in [6, 6.07) is 21.3. The lowest BCUT2D eigenvalue weighted by Gasteiger charge is -2.06. The van der Waals surface area contributed by atoms with E-state index in [0.29, 0.717) is 18.7 Å². The Kier molecular flexibility index (Phi) is 5.19. The average molecular weight is 449 g/mol. The van der Waals surface area contributed by atoms with Gasteiger partial charge in [-0.25, -0.2) is 17.8 Å². The van der Waals surface area contributed by atoms with E-state index in [1.54, 1.807) is 10.9 Å². The first-order valence-corrected chi connectivity index (χ1v) is 12.2. The largest absolute Gasteiger partial charge is 0.361 e. The maximum atomic E-state index is 13.2. The summed E-state index contributed by atoms with van der Waals surface area (Å²) in [4.78, 5) is 4.22. The molecule has 3 heterocycles. The number of nitrogens with one attached hydrogen (secondary N) is 2. The van der Waals surface area contributed by atoms with E-state index in [9.17, 15) is 8.42 Å². The summed E-state index contributed by atoms with van der Waals surface area (Å²) in [6.07, 6.45) is 4.10. The number of hydrogen-bond donors (Lipinski definition) is 2. The Morgan fingerprint density at radius 2 is 1.81 bits per heavy atom. The lowest BCUT2D eigenvalue weighted by molar-refractivity contribution is 0.582. The van der Waals surface area contributed by atoms with E-state index in [1.165, 1.54) is 11.3 Å². The highest BCUT2D eigenvalue weighted by molar-refractivity contribution is 7.89. The number of benzene rings is 2. The van der Waals surface area contributed by atoms with Crippen LogP contribution in [0.1, 0.15) is 5.56 Å². The van der Waals surface area contributed by atoms with E-state index >= 15 is 0 Å². The molecular formula is C23H20N4O2S2. The maximum Gasteiger partial charge on any atom is 0.244 e. The molecule has 0 saturated carbocycles. The van der Waals surface area contributed by atoms with Crippen molar-refractivity contribution in [2.75, 3.05) is 6.54 Å². The van der Waals surface area contributed by atoms with E-state index in [-0.39, 0.29) is 4.90 Å². The summed E-state index contributed by atoms with van der Waals surface area (Å²) in [5.74, 6) is 0. The maximum absolute atomic E-state index is 13.2. The molecule has 31 heavy (non-hydrogen) atoms. The molecule has 5 aromatic rings. The number of aromatic nitrogens is 3. The molecule has 0 aliphatic carbocycles. The van der Waals surface area contributed by atoms with Crippen LogP contribution in [0.4, 0.5) is 0 Å². The number of hydrogen-bond acceptors (Lipinski definition) is 4. The molecule has 0 aliphatic rings. The van der Waals surface area contributed by atoms with Gasteiger partial charge in [-0.1, -0.05) is 42.5 Å². The number of aromatic amines is 1. The van der Waals surface area contributed by atoms with Crippen molar-refractivity contribution < 1.29 is 8.42 Å². The Balaban J connectivity index is 1.43. The molecule has 2 aromatic carbocycles. The molecule has 156 valence electrons. The summed E-state index contributed by atoms with van der Waals surface area (Å²) in [7, 11) is -3.75. The molecule has 0 fully saturated rings. The zero-order valence-electron chi connectivity index (χ0n) is 16.5. The molecule has 0 amide bonds. The highest BCUT2D eigenvalue weighted by Crippen LogP contribution is 2.30. The third kappa shape index (κ3) is 3.93. The van der Waals surface area contributed by atoms with Crippen molar-refractivity contribution in [3.63, 3.8) is 0 Å². The number of thiophene rings is 1.